The topological polar surface area (TPSA) is 102 Å². The lowest BCUT2D eigenvalue weighted by Gasteiger charge is -2.48. The van der Waals surface area contributed by atoms with Gasteiger partial charge >= 0.3 is 0 Å². The molecule has 390 valence electrons. The van der Waals surface area contributed by atoms with Crippen molar-refractivity contribution in [3.8, 4) is 0 Å². The fourth-order valence-electron chi connectivity index (χ4n) is 9.25. The Bertz CT molecular complexity index is 2630. The Kier molecular flexibility index (Phi) is 20.9. The second kappa shape index (κ2) is 29.2. The van der Waals surface area contributed by atoms with Gasteiger partial charge in [0.2, 0.25) is 0 Å². The summed E-state index contributed by atoms with van der Waals surface area (Å²) in [4.78, 5) is 0. The summed E-state index contributed by atoms with van der Waals surface area (Å²) in [5, 5.41) is 0. The number of benzene rings is 7. The van der Waals surface area contributed by atoms with Gasteiger partial charge in [-0.15, -0.1) is 6.58 Å². The summed E-state index contributed by atoms with van der Waals surface area (Å²) >= 11 is 0. The van der Waals surface area contributed by atoms with Crippen molar-refractivity contribution < 1.29 is 52.1 Å². The molecule has 0 aliphatic carbocycles. The third-order valence-corrected chi connectivity index (χ3v) is 13.1. The van der Waals surface area contributed by atoms with Crippen molar-refractivity contribution in [3.63, 3.8) is 0 Å². The molecule has 11 nitrogen and oxygen atoms in total. The molecule has 10 atom stereocenters. The molecule has 2 heterocycles. The highest BCUT2D eigenvalue weighted by atomic mass is 16.8. The zero-order valence-corrected chi connectivity index (χ0v) is 42.3. The Balaban J connectivity index is 1.06. The lowest BCUT2D eigenvalue weighted by molar-refractivity contribution is -0.352. The molecule has 7 aromatic carbocycles. The second-order valence-corrected chi connectivity index (χ2v) is 18.6. The lowest BCUT2D eigenvalue weighted by Crippen LogP contribution is -2.64. The van der Waals surface area contributed by atoms with Gasteiger partial charge in [0.15, 0.2) is 12.6 Å². The quantitative estimate of drug-likeness (QED) is 0.0438. The van der Waals surface area contributed by atoms with Crippen LogP contribution in [-0.2, 0) is 98.4 Å². The molecule has 0 radical (unpaired) electrons. The molecule has 11 heteroatoms. The first-order valence-corrected chi connectivity index (χ1v) is 25.9. The third-order valence-electron chi connectivity index (χ3n) is 13.1. The van der Waals surface area contributed by atoms with Gasteiger partial charge in [-0.2, -0.15) is 0 Å². The Morgan fingerprint density at radius 2 is 0.560 bits per heavy atom. The van der Waals surface area contributed by atoms with Gasteiger partial charge < -0.3 is 52.1 Å². The molecular formula is C64H68O11. The van der Waals surface area contributed by atoms with Crippen LogP contribution in [-0.4, -0.2) is 81.2 Å². The predicted octanol–water partition coefficient (Wildman–Crippen LogP) is 11.4. The van der Waals surface area contributed by atoms with Crippen LogP contribution in [0.4, 0.5) is 0 Å². The Morgan fingerprint density at radius 1 is 0.293 bits per heavy atom. The molecule has 0 saturated carbocycles. The van der Waals surface area contributed by atoms with Crippen molar-refractivity contribution >= 4 is 0 Å². The molecule has 75 heavy (non-hydrogen) atoms. The monoisotopic (exact) mass is 1010 g/mol. The van der Waals surface area contributed by atoms with E-state index in [-0.39, 0.29) is 52.9 Å². The van der Waals surface area contributed by atoms with Crippen molar-refractivity contribution in [2.45, 2.75) is 108 Å². The SMILES string of the molecule is C=CCO[C@H]1O[C@H](CO[C@@H]2O[C@H](COCc3ccccc3)[C@@H](OCc3ccccc3)[C@H](OCc3ccccc3)[C@@H]2OCc2ccccc2)[C@@H](OCc2ccccc2)[C@H](OCc2ccccc2)[C@@H]1OCc1ccccc1. The Hall–Kier alpha value is -6.16. The predicted molar refractivity (Wildman–Crippen MR) is 286 cm³/mol. The van der Waals surface area contributed by atoms with Gasteiger partial charge in [-0.05, 0) is 38.9 Å². The maximum atomic E-state index is 7.12. The van der Waals surface area contributed by atoms with Crippen LogP contribution in [0.25, 0.3) is 0 Å². The number of rotatable bonds is 28. The number of hydrogen-bond acceptors (Lipinski definition) is 11. The largest absolute Gasteiger partial charge is 0.374 e. The molecule has 0 bridgehead atoms. The van der Waals surface area contributed by atoms with E-state index in [1.807, 2.05) is 212 Å². The standard InChI is InChI=1S/C64H68O11/c1-2-38-66-63-61(71-44-53-34-20-8-21-35-53)60(70-43-52-32-18-7-19-33-52)58(68-41-50-28-14-5-15-29-50)56(75-63)47-73-64-62(72-45-54-36-22-9-23-37-54)59(69-42-51-30-16-6-17-31-51)57(67-40-49-26-12-4-13-27-49)55(74-64)46-65-39-48-24-10-3-11-25-48/h2-37,55-64H,1,38-47H2/t55-,56-,57-,58-,59+,60+,61+,62+,63+,64-/m1/s1. The summed E-state index contributed by atoms with van der Waals surface area (Å²) in [7, 11) is 0. The molecular weight excluding hydrogens is 945 g/mol. The van der Waals surface area contributed by atoms with Gasteiger partial charge in [0.05, 0.1) is 66.1 Å². The van der Waals surface area contributed by atoms with E-state index in [4.69, 9.17) is 52.1 Å². The summed E-state index contributed by atoms with van der Waals surface area (Å²) < 4.78 is 75.9. The highest BCUT2D eigenvalue weighted by Gasteiger charge is 2.52. The van der Waals surface area contributed by atoms with E-state index in [0.717, 1.165) is 38.9 Å². The average Bonchev–Trinajstić information content (AvgIpc) is 3.47. The normalized spacial score (nSPS) is 23.6. The molecule has 0 amide bonds. The van der Waals surface area contributed by atoms with Crippen LogP contribution in [0.1, 0.15) is 38.9 Å². The molecule has 0 unspecified atom stereocenters. The van der Waals surface area contributed by atoms with E-state index in [1.54, 1.807) is 6.08 Å². The van der Waals surface area contributed by atoms with Crippen molar-refractivity contribution in [2.75, 3.05) is 19.8 Å². The number of hydrogen-bond donors (Lipinski definition) is 0. The van der Waals surface area contributed by atoms with Crippen molar-refractivity contribution in [2.24, 2.45) is 0 Å². The molecule has 0 N–H and O–H groups in total. The van der Waals surface area contributed by atoms with E-state index in [2.05, 4.69) is 6.58 Å². The maximum absolute atomic E-state index is 7.12. The average molecular weight is 1010 g/mol. The minimum atomic E-state index is -1.02. The van der Waals surface area contributed by atoms with E-state index in [9.17, 15) is 0 Å². The molecule has 2 aliphatic rings. The van der Waals surface area contributed by atoms with Crippen molar-refractivity contribution in [1.29, 1.82) is 0 Å². The fourth-order valence-corrected chi connectivity index (χ4v) is 9.25. The first-order valence-electron chi connectivity index (χ1n) is 25.9. The Morgan fingerprint density at radius 3 is 0.880 bits per heavy atom. The first-order chi connectivity index (χ1) is 37.2. The van der Waals surface area contributed by atoms with Gasteiger partial charge in [-0.1, -0.05) is 218 Å². The van der Waals surface area contributed by atoms with Gasteiger partial charge in [0.25, 0.3) is 0 Å². The Labute approximate surface area is 441 Å². The summed E-state index contributed by atoms with van der Waals surface area (Å²) in [6.07, 6.45) is -6.03. The van der Waals surface area contributed by atoms with E-state index in [0.29, 0.717) is 13.2 Å². The lowest BCUT2D eigenvalue weighted by atomic mass is 9.96. The number of ether oxygens (including phenoxy) is 11. The van der Waals surface area contributed by atoms with E-state index >= 15 is 0 Å². The van der Waals surface area contributed by atoms with Crippen molar-refractivity contribution in [1.82, 2.24) is 0 Å². The van der Waals surface area contributed by atoms with E-state index < -0.39 is 61.4 Å². The summed E-state index contributed by atoms with van der Waals surface area (Å²) in [5.74, 6) is 0. The highest BCUT2D eigenvalue weighted by Crippen LogP contribution is 2.35. The van der Waals surface area contributed by atoms with E-state index in [1.165, 1.54) is 0 Å². The zero-order chi connectivity index (χ0) is 51.1. The molecule has 2 fully saturated rings. The van der Waals surface area contributed by atoms with Crippen LogP contribution in [0.2, 0.25) is 0 Å². The second-order valence-electron chi connectivity index (χ2n) is 18.6. The smallest absolute Gasteiger partial charge is 0.187 e. The summed E-state index contributed by atoms with van der Waals surface area (Å²) in [6.45, 7) is 6.30. The van der Waals surface area contributed by atoms with Gasteiger partial charge in [0, 0.05) is 0 Å². The molecule has 0 aromatic heterocycles. The third kappa shape index (κ3) is 16.2. The van der Waals surface area contributed by atoms with Crippen LogP contribution >= 0.6 is 0 Å². The van der Waals surface area contributed by atoms with Crippen LogP contribution in [0.15, 0.2) is 225 Å². The van der Waals surface area contributed by atoms with Crippen molar-refractivity contribution in [3.05, 3.63) is 264 Å². The minimum Gasteiger partial charge on any atom is -0.374 e. The van der Waals surface area contributed by atoms with Gasteiger partial charge in [-0.25, -0.2) is 0 Å². The van der Waals surface area contributed by atoms with Crippen LogP contribution in [0, 0.1) is 0 Å². The molecule has 2 aliphatic heterocycles. The first kappa shape index (κ1) is 53.7. The highest BCUT2D eigenvalue weighted by molar-refractivity contribution is 5.19. The minimum absolute atomic E-state index is 0.0294. The zero-order valence-electron chi connectivity index (χ0n) is 42.3. The van der Waals surface area contributed by atoms with Crippen LogP contribution in [0.5, 0.6) is 0 Å². The molecule has 0 spiro atoms. The maximum Gasteiger partial charge on any atom is 0.187 e. The van der Waals surface area contributed by atoms with Crippen LogP contribution in [0.3, 0.4) is 0 Å². The molecule has 2 saturated heterocycles. The molecule has 7 aromatic rings. The molecule has 9 rings (SSSR count). The van der Waals surface area contributed by atoms with Gasteiger partial charge in [-0.3, -0.25) is 0 Å². The summed E-state index contributed by atoms with van der Waals surface area (Å²) in [6, 6.07) is 70.4. The van der Waals surface area contributed by atoms with Gasteiger partial charge in [0.1, 0.15) is 48.8 Å². The summed E-state index contributed by atoms with van der Waals surface area (Å²) in [5.41, 5.74) is 6.96. The fraction of sp³-hybridized carbons (Fsp3) is 0.312. The van der Waals surface area contributed by atoms with Crippen LogP contribution < -0.4 is 0 Å².